The van der Waals surface area contributed by atoms with Gasteiger partial charge in [-0.15, -0.1) is 11.3 Å². The van der Waals surface area contributed by atoms with Crippen molar-refractivity contribution in [1.82, 2.24) is 10.2 Å². The number of nitrogens with one attached hydrogen (secondary N) is 1. The zero-order chi connectivity index (χ0) is 16.9. The van der Waals surface area contributed by atoms with Crippen LogP contribution < -0.4 is 5.32 Å². The quantitative estimate of drug-likeness (QED) is 0.926. The van der Waals surface area contributed by atoms with E-state index in [-0.39, 0.29) is 17.9 Å². The molecule has 1 N–H and O–H groups in total. The number of amides is 2. The van der Waals surface area contributed by atoms with Gasteiger partial charge in [0.2, 0.25) is 5.91 Å². The number of hydrogen-bond donors (Lipinski definition) is 1. The molecule has 5 heteroatoms. The molecule has 1 fully saturated rings. The second-order valence-corrected chi connectivity index (χ2v) is 7.08. The van der Waals surface area contributed by atoms with Gasteiger partial charge in [0.15, 0.2) is 0 Å². The highest BCUT2D eigenvalue weighted by atomic mass is 32.1. The van der Waals surface area contributed by atoms with Gasteiger partial charge in [-0.3, -0.25) is 9.59 Å². The monoisotopic (exact) mass is 342 g/mol. The predicted molar refractivity (Wildman–Crippen MR) is 96.0 cm³/mol. The number of piperidine rings is 1. The molecule has 1 aromatic heterocycles. The van der Waals surface area contributed by atoms with Crippen molar-refractivity contribution in [2.75, 3.05) is 6.54 Å². The Morgan fingerprint density at radius 3 is 2.79 bits per heavy atom. The third-order valence-electron chi connectivity index (χ3n) is 4.51. The second kappa shape index (κ2) is 7.62. The number of likely N-dealkylation sites (tertiary alicyclic amines) is 1. The van der Waals surface area contributed by atoms with Crippen LogP contribution in [0.4, 0.5) is 0 Å². The number of rotatable bonds is 4. The minimum absolute atomic E-state index is 0.0271. The van der Waals surface area contributed by atoms with Crippen LogP contribution in [0.25, 0.3) is 0 Å². The fourth-order valence-electron chi connectivity index (χ4n) is 3.10. The van der Waals surface area contributed by atoms with Crippen molar-refractivity contribution in [3.63, 3.8) is 0 Å². The van der Waals surface area contributed by atoms with Gasteiger partial charge in [0.25, 0.3) is 5.91 Å². The Balaban J connectivity index is 1.67. The molecule has 1 aromatic carbocycles. The summed E-state index contributed by atoms with van der Waals surface area (Å²) in [5.41, 5.74) is 2.27. The molecule has 2 aromatic rings. The summed E-state index contributed by atoms with van der Waals surface area (Å²) in [4.78, 5) is 27.8. The zero-order valence-corrected chi connectivity index (χ0v) is 14.6. The molecule has 1 unspecified atom stereocenters. The lowest BCUT2D eigenvalue weighted by molar-refractivity contribution is -0.126. The lowest BCUT2D eigenvalue weighted by Crippen LogP contribution is -2.51. The molecule has 0 saturated carbocycles. The minimum Gasteiger partial charge on any atom is -0.350 e. The van der Waals surface area contributed by atoms with E-state index in [1.54, 1.807) is 4.90 Å². The van der Waals surface area contributed by atoms with Crippen LogP contribution in [-0.4, -0.2) is 29.3 Å². The Kier molecular flexibility index (Phi) is 5.30. The highest BCUT2D eigenvalue weighted by molar-refractivity contribution is 7.12. The minimum atomic E-state index is -0.364. The van der Waals surface area contributed by atoms with E-state index in [1.807, 2.05) is 48.7 Å². The molecule has 0 aliphatic carbocycles. The summed E-state index contributed by atoms with van der Waals surface area (Å²) >= 11 is 1.43. The maximum atomic E-state index is 12.7. The summed E-state index contributed by atoms with van der Waals surface area (Å²) < 4.78 is 0. The van der Waals surface area contributed by atoms with Crippen LogP contribution in [0, 0.1) is 6.92 Å². The average molecular weight is 342 g/mol. The summed E-state index contributed by atoms with van der Waals surface area (Å²) in [6.07, 6.45) is 2.67. The molecule has 0 spiro atoms. The van der Waals surface area contributed by atoms with E-state index in [2.05, 4.69) is 5.32 Å². The molecule has 1 aliphatic heterocycles. The second-order valence-electron chi connectivity index (χ2n) is 6.13. The summed E-state index contributed by atoms with van der Waals surface area (Å²) in [5, 5.41) is 4.90. The van der Waals surface area contributed by atoms with Crippen molar-refractivity contribution in [3.8, 4) is 0 Å². The van der Waals surface area contributed by atoms with Gasteiger partial charge in [-0.05, 0) is 48.8 Å². The Bertz CT molecular complexity index is 712. The van der Waals surface area contributed by atoms with Crippen LogP contribution in [0.5, 0.6) is 0 Å². The van der Waals surface area contributed by atoms with Crippen LogP contribution in [0.2, 0.25) is 0 Å². The number of benzene rings is 1. The molecule has 1 atom stereocenters. The summed E-state index contributed by atoms with van der Waals surface area (Å²) in [7, 11) is 0. The van der Waals surface area contributed by atoms with Crippen molar-refractivity contribution >= 4 is 23.2 Å². The Labute approximate surface area is 146 Å². The Hall–Kier alpha value is -2.14. The highest BCUT2D eigenvalue weighted by Gasteiger charge is 2.32. The first-order chi connectivity index (χ1) is 11.7. The molecule has 1 aliphatic rings. The Morgan fingerprint density at radius 2 is 2.04 bits per heavy atom. The summed E-state index contributed by atoms with van der Waals surface area (Å²) in [6, 6.07) is 11.3. The van der Waals surface area contributed by atoms with E-state index in [0.717, 1.165) is 30.4 Å². The molecule has 4 nitrogen and oxygen atoms in total. The van der Waals surface area contributed by atoms with Crippen LogP contribution >= 0.6 is 11.3 Å². The molecular weight excluding hydrogens is 320 g/mol. The van der Waals surface area contributed by atoms with Crippen LogP contribution in [-0.2, 0) is 11.3 Å². The molecule has 0 radical (unpaired) electrons. The largest absolute Gasteiger partial charge is 0.350 e. The van der Waals surface area contributed by atoms with Crippen molar-refractivity contribution in [3.05, 3.63) is 57.8 Å². The molecule has 24 heavy (non-hydrogen) atoms. The van der Waals surface area contributed by atoms with Gasteiger partial charge < -0.3 is 10.2 Å². The van der Waals surface area contributed by atoms with Crippen LogP contribution in [0.3, 0.4) is 0 Å². The maximum Gasteiger partial charge on any atom is 0.264 e. The molecule has 3 rings (SSSR count). The fourth-order valence-corrected chi connectivity index (χ4v) is 3.78. The SMILES string of the molecule is Cc1ccccc1CNC(=O)C1CCCCN1C(=O)c1cccs1. The zero-order valence-electron chi connectivity index (χ0n) is 13.8. The van der Waals surface area contributed by atoms with E-state index in [4.69, 9.17) is 0 Å². The van der Waals surface area contributed by atoms with E-state index in [0.29, 0.717) is 18.0 Å². The predicted octanol–water partition coefficient (Wildman–Crippen LogP) is 3.37. The third kappa shape index (κ3) is 3.67. The molecule has 2 heterocycles. The number of nitrogens with zero attached hydrogens (tertiary/aromatic N) is 1. The normalized spacial score (nSPS) is 17.5. The first kappa shape index (κ1) is 16.7. The average Bonchev–Trinajstić information content (AvgIpc) is 3.15. The number of aryl methyl sites for hydroxylation is 1. The van der Waals surface area contributed by atoms with Gasteiger partial charge >= 0.3 is 0 Å². The highest BCUT2D eigenvalue weighted by Crippen LogP contribution is 2.22. The lowest BCUT2D eigenvalue weighted by Gasteiger charge is -2.34. The number of hydrogen-bond acceptors (Lipinski definition) is 3. The van der Waals surface area contributed by atoms with Crippen molar-refractivity contribution < 1.29 is 9.59 Å². The van der Waals surface area contributed by atoms with Gasteiger partial charge in [0.05, 0.1) is 4.88 Å². The summed E-state index contributed by atoms with van der Waals surface area (Å²) in [5.74, 6) is -0.0800. The van der Waals surface area contributed by atoms with Crippen LogP contribution in [0.1, 0.15) is 40.1 Å². The van der Waals surface area contributed by atoms with Crippen molar-refractivity contribution in [2.24, 2.45) is 0 Å². The lowest BCUT2D eigenvalue weighted by atomic mass is 10.0. The number of thiophene rings is 1. The first-order valence-corrected chi connectivity index (χ1v) is 9.21. The van der Waals surface area contributed by atoms with Gasteiger partial charge in [0.1, 0.15) is 6.04 Å². The maximum absolute atomic E-state index is 12.7. The molecule has 1 saturated heterocycles. The van der Waals surface area contributed by atoms with E-state index < -0.39 is 0 Å². The standard InChI is InChI=1S/C19H22N2O2S/c1-14-7-2-3-8-15(14)13-20-18(22)16-9-4-5-11-21(16)19(23)17-10-6-12-24-17/h2-3,6-8,10,12,16H,4-5,9,11,13H2,1H3,(H,20,22). The molecular formula is C19H22N2O2S. The van der Waals surface area contributed by atoms with E-state index in [9.17, 15) is 9.59 Å². The number of carbonyl (C=O) groups excluding carboxylic acids is 2. The van der Waals surface area contributed by atoms with Gasteiger partial charge in [-0.1, -0.05) is 30.3 Å². The van der Waals surface area contributed by atoms with Gasteiger partial charge in [-0.2, -0.15) is 0 Å². The molecule has 0 bridgehead atoms. The Morgan fingerprint density at radius 1 is 1.21 bits per heavy atom. The van der Waals surface area contributed by atoms with Gasteiger partial charge in [-0.25, -0.2) is 0 Å². The smallest absolute Gasteiger partial charge is 0.264 e. The first-order valence-electron chi connectivity index (χ1n) is 8.33. The van der Waals surface area contributed by atoms with Gasteiger partial charge in [0, 0.05) is 13.1 Å². The third-order valence-corrected chi connectivity index (χ3v) is 5.37. The molecule has 126 valence electrons. The topological polar surface area (TPSA) is 49.4 Å². The summed E-state index contributed by atoms with van der Waals surface area (Å²) in [6.45, 7) is 3.19. The number of carbonyl (C=O) groups is 2. The van der Waals surface area contributed by atoms with E-state index >= 15 is 0 Å². The van der Waals surface area contributed by atoms with E-state index in [1.165, 1.54) is 11.3 Å². The van der Waals surface area contributed by atoms with Crippen LogP contribution in [0.15, 0.2) is 41.8 Å². The fraction of sp³-hybridized carbons (Fsp3) is 0.368. The van der Waals surface area contributed by atoms with Crippen molar-refractivity contribution in [1.29, 1.82) is 0 Å². The van der Waals surface area contributed by atoms with Crippen molar-refractivity contribution in [2.45, 2.75) is 38.8 Å². The molecule has 2 amide bonds.